The SMILES string of the molecule is CNc1cc(N2CCC(CN(C)C)CC2)nc(N)n1. The standard InChI is InChI=1S/C13H24N6/c1-15-11-8-12(17-13(14)16-11)19-6-4-10(5-7-19)9-18(2)3/h8,10H,4-7,9H2,1-3H3,(H3,14,15,16,17). The van der Waals surface area contributed by atoms with Gasteiger partial charge in [0.1, 0.15) is 11.6 Å². The van der Waals surface area contributed by atoms with E-state index in [1.165, 1.54) is 19.4 Å². The Bertz CT molecular complexity index is 412. The number of piperidine rings is 1. The normalized spacial score (nSPS) is 16.9. The molecular weight excluding hydrogens is 240 g/mol. The number of nitrogens with zero attached hydrogens (tertiary/aromatic N) is 4. The van der Waals surface area contributed by atoms with Gasteiger partial charge in [0.15, 0.2) is 0 Å². The van der Waals surface area contributed by atoms with Crippen LogP contribution in [0.4, 0.5) is 17.6 Å². The number of hydrogen-bond donors (Lipinski definition) is 2. The number of hydrogen-bond acceptors (Lipinski definition) is 6. The molecule has 0 saturated carbocycles. The van der Waals surface area contributed by atoms with E-state index in [9.17, 15) is 0 Å². The molecule has 2 heterocycles. The number of nitrogen functional groups attached to an aromatic ring is 1. The van der Waals surface area contributed by atoms with E-state index in [4.69, 9.17) is 5.73 Å². The first-order valence-corrected chi connectivity index (χ1v) is 6.80. The van der Waals surface area contributed by atoms with Crippen molar-refractivity contribution in [1.82, 2.24) is 14.9 Å². The van der Waals surface area contributed by atoms with E-state index in [0.29, 0.717) is 5.95 Å². The van der Waals surface area contributed by atoms with Gasteiger partial charge in [-0.2, -0.15) is 9.97 Å². The Labute approximate surface area is 115 Å². The van der Waals surface area contributed by atoms with Crippen LogP contribution in [0.2, 0.25) is 0 Å². The fourth-order valence-corrected chi connectivity index (χ4v) is 2.60. The quantitative estimate of drug-likeness (QED) is 0.841. The van der Waals surface area contributed by atoms with E-state index in [2.05, 4.69) is 39.2 Å². The molecule has 106 valence electrons. The van der Waals surface area contributed by atoms with Crippen molar-refractivity contribution in [1.29, 1.82) is 0 Å². The van der Waals surface area contributed by atoms with Crippen molar-refractivity contribution >= 4 is 17.6 Å². The minimum absolute atomic E-state index is 0.331. The Morgan fingerprint density at radius 1 is 1.37 bits per heavy atom. The number of rotatable bonds is 4. The minimum Gasteiger partial charge on any atom is -0.373 e. The maximum atomic E-state index is 5.74. The van der Waals surface area contributed by atoms with Gasteiger partial charge in [0.2, 0.25) is 5.95 Å². The fourth-order valence-electron chi connectivity index (χ4n) is 2.60. The molecule has 1 aliphatic rings. The van der Waals surface area contributed by atoms with E-state index < -0.39 is 0 Å². The summed E-state index contributed by atoms with van der Waals surface area (Å²) in [4.78, 5) is 13.0. The predicted molar refractivity (Wildman–Crippen MR) is 79.5 cm³/mol. The zero-order chi connectivity index (χ0) is 13.8. The van der Waals surface area contributed by atoms with E-state index in [0.717, 1.165) is 30.6 Å². The molecule has 6 heteroatoms. The van der Waals surface area contributed by atoms with Crippen LogP contribution >= 0.6 is 0 Å². The van der Waals surface area contributed by atoms with Crippen LogP contribution in [0, 0.1) is 5.92 Å². The molecule has 1 fully saturated rings. The van der Waals surface area contributed by atoms with Crippen LogP contribution in [-0.2, 0) is 0 Å². The Hall–Kier alpha value is -1.56. The molecule has 19 heavy (non-hydrogen) atoms. The summed E-state index contributed by atoms with van der Waals surface area (Å²) in [5.41, 5.74) is 5.74. The second-order valence-electron chi connectivity index (χ2n) is 5.41. The molecule has 0 unspecified atom stereocenters. The second kappa shape index (κ2) is 6.06. The summed E-state index contributed by atoms with van der Waals surface area (Å²) < 4.78 is 0. The van der Waals surface area contributed by atoms with E-state index in [1.54, 1.807) is 0 Å². The molecular formula is C13H24N6. The van der Waals surface area contributed by atoms with Crippen LogP contribution in [-0.4, -0.2) is 55.6 Å². The average Bonchev–Trinajstić information content (AvgIpc) is 2.38. The first kappa shape index (κ1) is 13.9. The molecule has 1 aromatic rings. The van der Waals surface area contributed by atoms with Gasteiger partial charge in [-0.1, -0.05) is 0 Å². The molecule has 0 amide bonds. The number of nitrogens with one attached hydrogen (secondary N) is 1. The fraction of sp³-hybridized carbons (Fsp3) is 0.692. The van der Waals surface area contributed by atoms with Crippen LogP contribution in [0.1, 0.15) is 12.8 Å². The lowest BCUT2D eigenvalue weighted by Gasteiger charge is -2.34. The lowest BCUT2D eigenvalue weighted by atomic mass is 9.96. The monoisotopic (exact) mass is 264 g/mol. The lowest BCUT2D eigenvalue weighted by Crippen LogP contribution is -2.37. The highest BCUT2D eigenvalue weighted by Gasteiger charge is 2.21. The maximum Gasteiger partial charge on any atom is 0.223 e. The maximum absolute atomic E-state index is 5.74. The largest absolute Gasteiger partial charge is 0.373 e. The highest BCUT2D eigenvalue weighted by atomic mass is 15.2. The summed E-state index contributed by atoms with van der Waals surface area (Å²) in [7, 11) is 6.11. The van der Waals surface area contributed by atoms with Crippen molar-refractivity contribution in [2.24, 2.45) is 5.92 Å². The zero-order valence-electron chi connectivity index (χ0n) is 12.1. The van der Waals surface area contributed by atoms with Gasteiger partial charge in [0.05, 0.1) is 0 Å². The van der Waals surface area contributed by atoms with Crippen LogP contribution in [0.15, 0.2) is 6.07 Å². The van der Waals surface area contributed by atoms with Gasteiger partial charge in [0.25, 0.3) is 0 Å². The summed E-state index contributed by atoms with van der Waals surface area (Å²) >= 11 is 0. The molecule has 0 atom stereocenters. The van der Waals surface area contributed by atoms with Crippen molar-refractivity contribution in [2.75, 3.05) is 56.7 Å². The Morgan fingerprint density at radius 2 is 2.05 bits per heavy atom. The Kier molecular flexibility index (Phi) is 4.42. The van der Waals surface area contributed by atoms with Gasteiger partial charge in [-0.3, -0.25) is 0 Å². The van der Waals surface area contributed by atoms with Crippen LogP contribution in [0.5, 0.6) is 0 Å². The highest BCUT2D eigenvalue weighted by Crippen LogP contribution is 2.24. The van der Waals surface area contributed by atoms with E-state index in [1.807, 2.05) is 13.1 Å². The van der Waals surface area contributed by atoms with E-state index >= 15 is 0 Å². The molecule has 1 saturated heterocycles. The Balaban J connectivity index is 1.99. The number of nitrogens with two attached hydrogens (primary N) is 1. The first-order chi connectivity index (χ1) is 9.08. The molecule has 6 nitrogen and oxygen atoms in total. The van der Waals surface area contributed by atoms with Gasteiger partial charge < -0.3 is 20.9 Å². The van der Waals surface area contributed by atoms with Crippen molar-refractivity contribution in [3.05, 3.63) is 6.07 Å². The van der Waals surface area contributed by atoms with Crippen LogP contribution in [0.25, 0.3) is 0 Å². The molecule has 0 aliphatic carbocycles. The summed E-state index contributed by atoms with van der Waals surface area (Å²) in [5, 5.41) is 3.02. The van der Waals surface area contributed by atoms with Crippen LogP contribution in [0.3, 0.4) is 0 Å². The van der Waals surface area contributed by atoms with Gasteiger partial charge in [-0.05, 0) is 32.9 Å². The molecule has 0 spiro atoms. The van der Waals surface area contributed by atoms with Crippen molar-refractivity contribution in [2.45, 2.75) is 12.8 Å². The van der Waals surface area contributed by atoms with Gasteiger partial charge in [0, 0.05) is 32.7 Å². The number of aromatic nitrogens is 2. The third kappa shape index (κ3) is 3.70. The molecule has 2 rings (SSSR count). The molecule has 1 aliphatic heterocycles. The number of anilines is 3. The molecule has 3 N–H and O–H groups in total. The van der Waals surface area contributed by atoms with Crippen molar-refractivity contribution in [3.63, 3.8) is 0 Å². The van der Waals surface area contributed by atoms with Crippen LogP contribution < -0.4 is 16.0 Å². The molecule has 0 bridgehead atoms. The first-order valence-electron chi connectivity index (χ1n) is 6.80. The molecule has 1 aromatic heterocycles. The van der Waals surface area contributed by atoms with E-state index in [-0.39, 0.29) is 0 Å². The topological polar surface area (TPSA) is 70.3 Å². The zero-order valence-corrected chi connectivity index (χ0v) is 12.1. The average molecular weight is 264 g/mol. The van der Waals surface area contributed by atoms with Gasteiger partial charge >= 0.3 is 0 Å². The highest BCUT2D eigenvalue weighted by molar-refractivity contribution is 5.52. The van der Waals surface area contributed by atoms with Gasteiger partial charge in [-0.25, -0.2) is 0 Å². The smallest absolute Gasteiger partial charge is 0.223 e. The van der Waals surface area contributed by atoms with Crippen molar-refractivity contribution in [3.8, 4) is 0 Å². The minimum atomic E-state index is 0.331. The molecule has 0 aromatic carbocycles. The summed E-state index contributed by atoms with van der Waals surface area (Å²) in [6.45, 7) is 3.25. The summed E-state index contributed by atoms with van der Waals surface area (Å²) in [5.74, 6) is 2.82. The van der Waals surface area contributed by atoms with Crippen molar-refractivity contribution < 1.29 is 0 Å². The predicted octanol–water partition coefficient (Wildman–Crippen LogP) is 0.879. The third-order valence-corrected chi connectivity index (χ3v) is 3.55. The summed E-state index contributed by atoms with van der Waals surface area (Å²) in [6, 6.07) is 1.96. The van der Waals surface area contributed by atoms with Gasteiger partial charge in [-0.15, -0.1) is 0 Å². The Morgan fingerprint density at radius 3 is 2.63 bits per heavy atom. The molecule has 0 radical (unpaired) electrons. The second-order valence-corrected chi connectivity index (χ2v) is 5.41. The third-order valence-electron chi connectivity index (χ3n) is 3.55. The lowest BCUT2D eigenvalue weighted by molar-refractivity contribution is 0.284. The summed E-state index contributed by atoms with van der Waals surface area (Å²) in [6.07, 6.45) is 2.41.